The van der Waals surface area contributed by atoms with Crippen molar-refractivity contribution in [1.82, 2.24) is 9.88 Å². The lowest BCUT2D eigenvalue weighted by Gasteiger charge is -2.49. The molecule has 0 radical (unpaired) electrons. The number of aliphatic hydroxyl groups is 1. The molecule has 0 saturated carbocycles. The van der Waals surface area contributed by atoms with Gasteiger partial charge in [-0.25, -0.2) is 4.98 Å². The molecular formula is C25H30N2O3. The fraction of sp³-hybridized carbons (Fsp3) is 0.480. The van der Waals surface area contributed by atoms with Gasteiger partial charge < -0.3 is 19.5 Å². The minimum atomic E-state index is -0.739. The third-order valence-corrected chi connectivity index (χ3v) is 6.70. The summed E-state index contributed by atoms with van der Waals surface area (Å²) in [6, 6.07) is 14.4. The maximum atomic E-state index is 11.3. The zero-order chi connectivity index (χ0) is 20.4. The first-order chi connectivity index (χ1) is 14.7. The average molecular weight is 407 g/mol. The lowest BCUT2D eigenvalue weighted by molar-refractivity contribution is -0.0775. The lowest BCUT2D eigenvalue weighted by Crippen LogP contribution is -2.58. The standard InChI is InChI=1S/C25H30N2O3/c28-25(18-27-13-9-21(25)10-14-27)12-8-20-6-7-24(30-22-11-15-29-17-22)26-23(20)16-19-4-2-1-3-5-19/h1-8,12,21-22,28H,9-11,13-18H2. The van der Waals surface area contributed by atoms with Crippen molar-refractivity contribution >= 4 is 6.08 Å². The number of nitrogens with zero attached hydrogens (tertiary/aromatic N) is 2. The number of pyridine rings is 1. The van der Waals surface area contributed by atoms with E-state index in [9.17, 15) is 5.11 Å². The van der Waals surface area contributed by atoms with Crippen LogP contribution in [0.2, 0.25) is 0 Å². The molecule has 0 aliphatic carbocycles. The van der Waals surface area contributed by atoms with Gasteiger partial charge in [0.1, 0.15) is 6.10 Å². The van der Waals surface area contributed by atoms with E-state index in [0.717, 1.165) is 63.2 Å². The van der Waals surface area contributed by atoms with Crippen LogP contribution in [-0.2, 0) is 11.2 Å². The summed E-state index contributed by atoms with van der Waals surface area (Å²) < 4.78 is 11.5. The minimum absolute atomic E-state index is 0.0796. The molecule has 30 heavy (non-hydrogen) atoms. The van der Waals surface area contributed by atoms with Crippen LogP contribution in [0, 0.1) is 5.92 Å². The summed E-state index contributed by atoms with van der Waals surface area (Å²) in [7, 11) is 0. The monoisotopic (exact) mass is 406 g/mol. The first kappa shape index (κ1) is 19.7. The van der Waals surface area contributed by atoms with Gasteiger partial charge in [0.2, 0.25) is 5.88 Å². The van der Waals surface area contributed by atoms with Crippen molar-refractivity contribution in [2.45, 2.75) is 37.4 Å². The number of rotatable bonds is 6. The first-order valence-corrected chi connectivity index (χ1v) is 11.1. The normalized spacial score (nSPS) is 30.8. The molecule has 6 rings (SSSR count). The number of benzene rings is 1. The molecule has 4 aliphatic heterocycles. The Labute approximate surface area is 178 Å². The molecule has 158 valence electrons. The largest absolute Gasteiger partial charge is 0.472 e. The smallest absolute Gasteiger partial charge is 0.213 e. The molecule has 2 atom stereocenters. The molecule has 2 unspecified atom stereocenters. The van der Waals surface area contributed by atoms with Crippen molar-refractivity contribution in [2.24, 2.45) is 5.92 Å². The fourth-order valence-corrected chi connectivity index (χ4v) is 4.92. The summed E-state index contributed by atoms with van der Waals surface area (Å²) in [4.78, 5) is 7.21. The van der Waals surface area contributed by atoms with Gasteiger partial charge in [0, 0.05) is 25.5 Å². The van der Waals surface area contributed by atoms with E-state index in [0.29, 0.717) is 18.4 Å². The second-order valence-corrected chi connectivity index (χ2v) is 8.83. The highest BCUT2D eigenvalue weighted by molar-refractivity contribution is 5.55. The zero-order valence-corrected chi connectivity index (χ0v) is 17.4. The topological polar surface area (TPSA) is 54.8 Å². The molecule has 5 heteroatoms. The van der Waals surface area contributed by atoms with Crippen LogP contribution < -0.4 is 4.74 Å². The van der Waals surface area contributed by atoms with Gasteiger partial charge in [-0.15, -0.1) is 0 Å². The van der Waals surface area contributed by atoms with Gasteiger partial charge >= 0.3 is 0 Å². The van der Waals surface area contributed by atoms with Crippen molar-refractivity contribution < 1.29 is 14.6 Å². The van der Waals surface area contributed by atoms with E-state index in [1.54, 1.807) is 0 Å². The Morgan fingerprint density at radius 3 is 2.67 bits per heavy atom. The Morgan fingerprint density at radius 1 is 1.13 bits per heavy atom. The van der Waals surface area contributed by atoms with Gasteiger partial charge in [-0.2, -0.15) is 0 Å². The molecule has 0 spiro atoms. The van der Waals surface area contributed by atoms with Crippen molar-refractivity contribution in [2.75, 3.05) is 32.8 Å². The number of ether oxygens (including phenoxy) is 2. The highest BCUT2D eigenvalue weighted by Crippen LogP contribution is 2.37. The van der Waals surface area contributed by atoms with Crippen LogP contribution in [0.25, 0.3) is 6.08 Å². The van der Waals surface area contributed by atoms with Crippen LogP contribution in [0.1, 0.15) is 36.1 Å². The Kier molecular flexibility index (Phi) is 5.59. The van der Waals surface area contributed by atoms with Crippen molar-refractivity contribution in [3.63, 3.8) is 0 Å². The lowest BCUT2D eigenvalue weighted by atomic mass is 9.75. The molecule has 1 aromatic heterocycles. The van der Waals surface area contributed by atoms with Gasteiger partial charge in [0.25, 0.3) is 0 Å². The van der Waals surface area contributed by atoms with Gasteiger partial charge in [-0.1, -0.05) is 42.5 Å². The van der Waals surface area contributed by atoms with Gasteiger partial charge in [0.05, 0.1) is 24.5 Å². The van der Waals surface area contributed by atoms with E-state index >= 15 is 0 Å². The summed E-state index contributed by atoms with van der Waals surface area (Å²) in [5.41, 5.74) is 2.48. The van der Waals surface area contributed by atoms with Crippen LogP contribution in [0.4, 0.5) is 0 Å². The van der Waals surface area contributed by atoms with Crippen LogP contribution >= 0.6 is 0 Å². The zero-order valence-electron chi connectivity index (χ0n) is 17.4. The van der Waals surface area contributed by atoms with Crippen LogP contribution in [-0.4, -0.2) is 59.5 Å². The maximum absolute atomic E-state index is 11.3. The van der Waals surface area contributed by atoms with Crippen LogP contribution in [0.3, 0.4) is 0 Å². The molecule has 0 amide bonds. The average Bonchev–Trinajstić information content (AvgIpc) is 3.28. The molecule has 4 saturated heterocycles. The number of piperidine rings is 3. The van der Waals surface area contributed by atoms with Crippen molar-refractivity contribution in [3.8, 4) is 5.88 Å². The Bertz CT molecular complexity index is 887. The second kappa shape index (κ2) is 8.50. The molecule has 5 heterocycles. The Morgan fingerprint density at radius 2 is 1.97 bits per heavy atom. The molecule has 2 bridgehead atoms. The summed E-state index contributed by atoms with van der Waals surface area (Å²) in [6.45, 7) is 4.33. The number of fused-ring (bicyclic) bond motifs is 3. The highest BCUT2D eigenvalue weighted by Gasteiger charge is 2.43. The molecule has 5 nitrogen and oxygen atoms in total. The SMILES string of the molecule is OC1(C=Cc2ccc(OC3CCOC3)nc2Cc2ccccc2)CN2CCC1CC2. The van der Waals surface area contributed by atoms with E-state index in [4.69, 9.17) is 14.5 Å². The molecule has 4 fully saturated rings. The summed E-state index contributed by atoms with van der Waals surface area (Å²) in [5.74, 6) is 1.00. The second-order valence-electron chi connectivity index (χ2n) is 8.83. The van der Waals surface area contributed by atoms with Gasteiger partial charge in [-0.3, -0.25) is 0 Å². The van der Waals surface area contributed by atoms with E-state index in [2.05, 4.69) is 41.3 Å². The number of hydrogen-bond donors (Lipinski definition) is 1. The Balaban J connectivity index is 1.41. The van der Waals surface area contributed by atoms with E-state index in [-0.39, 0.29) is 6.10 Å². The van der Waals surface area contributed by atoms with Gasteiger partial charge in [-0.05, 0) is 49.0 Å². The quantitative estimate of drug-likeness (QED) is 0.798. The van der Waals surface area contributed by atoms with E-state index in [1.165, 1.54) is 5.56 Å². The molecule has 2 aromatic rings. The maximum Gasteiger partial charge on any atom is 0.213 e. The molecule has 4 aliphatic rings. The number of aromatic nitrogens is 1. The molecule has 1 N–H and O–H groups in total. The first-order valence-electron chi connectivity index (χ1n) is 11.1. The number of hydrogen-bond acceptors (Lipinski definition) is 5. The predicted molar refractivity (Wildman–Crippen MR) is 116 cm³/mol. The predicted octanol–water partition coefficient (Wildman–Crippen LogP) is 3.31. The minimum Gasteiger partial charge on any atom is -0.472 e. The van der Waals surface area contributed by atoms with Crippen molar-refractivity contribution in [3.05, 3.63) is 65.4 Å². The molecule has 1 aromatic carbocycles. The third kappa shape index (κ3) is 4.29. The third-order valence-electron chi connectivity index (χ3n) is 6.70. The van der Waals surface area contributed by atoms with Crippen LogP contribution in [0.5, 0.6) is 5.88 Å². The van der Waals surface area contributed by atoms with E-state index in [1.807, 2.05) is 18.2 Å². The Hall–Kier alpha value is -2.21. The highest BCUT2D eigenvalue weighted by atomic mass is 16.5. The summed E-state index contributed by atoms with van der Waals surface area (Å²) in [6.07, 6.45) is 7.94. The summed E-state index contributed by atoms with van der Waals surface area (Å²) >= 11 is 0. The van der Waals surface area contributed by atoms with E-state index < -0.39 is 5.60 Å². The van der Waals surface area contributed by atoms with Crippen LogP contribution in [0.15, 0.2) is 48.5 Å². The fourth-order valence-electron chi connectivity index (χ4n) is 4.92. The van der Waals surface area contributed by atoms with Crippen molar-refractivity contribution in [1.29, 1.82) is 0 Å². The van der Waals surface area contributed by atoms with Gasteiger partial charge in [0.15, 0.2) is 0 Å². The summed E-state index contributed by atoms with van der Waals surface area (Å²) in [5, 5.41) is 11.3. The molecular weight excluding hydrogens is 376 g/mol.